The predicted octanol–water partition coefficient (Wildman–Crippen LogP) is 7.52. The van der Waals surface area contributed by atoms with Crippen LogP contribution in [-0.4, -0.2) is 77.7 Å². The minimum absolute atomic E-state index is 0.0398. The maximum atomic E-state index is 12.8. The van der Waals surface area contributed by atoms with E-state index in [1.165, 1.54) is 40.4 Å². The lowest BCUT2D eigenvalue weighted by atomic mass is 10.0. The normalized spacial score (nSPS) is 11.6. The number of alkyl halides is 3. The van der Waals surface area contributed by atoms with Crippen LogP contribution in [0.15, 0.2) is 65.8 Å². The first kappa shape index (κ1) is 43.7. The number of ether oxygens (including phenoxy) is 6. The second kappa shape index (κ2) is 19.6. The number of carboxylic acids is 1. The van der Waals surface area contributed by atoms with Crippen molar-refractivity contribution in [2.45, 2.75) is 33.1 Å². The van der Waals surface area contributed by atoms with Crippen molar-refractivity contribution in [3.8, 4) is 35.0 Å². The maximum absolute atomic E-state index is 12.8. The van der Waals surface area contributed by atoms with E-state index < -0.39 is 51.9 Å². The maximum Gasteiger partial charge on any atom is 0.416 e. The Labute approximate surface area is 320 Å². The molecule has 21 heteroatoms. The van der Waals surface area contributed by atoms with Crippen molar-refractivity contribution in [3.05, 3.63) is 98.1 Å². The van der Waals surface area contributed by atoms with Gasteiger partial charge in [-0.3, -0.25) is 10.1 Å². The summed E-state index contributed by atoms with van der Waals surface area (Å²) < 4.78 is 68.9. The molecule has 4 aromatic rings. The topological polar surface area (TPSA) is 217 Å². The molecule has 0 saturated carbocycles. The standard InChI is InChI=1S/C19H15ClF3NO7.C16H17N3O6/c1-3-29-17(25)10(2)30-18(26)13-9-12(5-6-15(13)24(27)28)31-16-7-4-11(8-14(16)20)19(21,22)23;1-9(19-24-4)10-6-5-7-11(14(10)15(20)21)25-16-17-12(22-2)8-13(18-16)23-3/h4-10H,3H2,1-2H3;5-8H,1-4H3,(H,20,21). The van der Waals surface area contributed by atoms with E-state index in [1.807, 2.05) is 0 Å². The molecule has 1 unspecified atom stereocenters. The monoisotopic (exact) mass is 808 g/mol. The zero-order valence-corrected chi connectivity index (χ0v) is 31.0. The molecule has 1 aromatic heterocycles. The van der Waals surface area contributed by atoms with Crippen LogP contribution in [0.2, 0.25) is 5.02 Å². The second-order valence-electron chi connectivity index (χ2n) is 10.7. The summed E-state index contributed by atoms with van der Waals surface area (Å²) in [6.45, 7) is 4.44. The Bertz CT molecular complexity index is 2090. The number of nitro benzene ring substituents is 1. The van der Waals surface area contributed by atoms with Gasteiger partial charge >= 0.3 is 30.1 Å². The number of carboxylic acid groups (broad SMARTS) is 1. The first-order chi connectivity index (χ1) is 26.4. The molecule has 0 aliphatic heterocycles. The van der Waals surface area contributed by atoms with Gasteiger partial charge in [-0.25, -0.2) is 14.4 Å². The summed E-state index contributed by atoms with van der Waals surface area (Å²) in [4.78, 5) is 58.9. The number of hydrogen-bond donors (Lipinski definition) is 1. The Morgan fingerprint density at radius 2 is 1.61 bits per heavy atom. The third-order valence-electron chi connectivity index (χ3n) is 6.91. The van der Waals surface area contributed by atoms with Crippen LogP contribution >= 0.6 is 11.6 Å². The van der Waals surface area contributed by atoms with E-state index in [0.717, 1.165) is 30.3 Å². The van der Waals surface area contributed by atoms with Crippen LogP contribution in [0.1, 0.15) is 52.6 Å². The summed E-state index contributed by atoms with van der Waals surface area (Å²) in [7, 11) is 4.24. The third kappa shape index (κ3) is 11.6. The van der Waals surface area contributed by atoms with Crippen molar-refractivity contribution in [1.29, 1.82) is 0 Å². The van der Waals surface area contributed by atoms with E-state index in [-0.39, 0.29) is 52.2 Å². The molecule has 3 aromatic carbocycles. The molecule has 1 heterocycles. The SMILES string of the molecule is CCOC(=O)C(C)OC(=O)c1cc(Oc2ccc(C(F)(F)F)cc2Cl)ccc1[N+](=O)[O-].CON=C(C)c1cccc(Oc2nc(OC)cc(OC)n2)c1C(=O)O. The van der Waals surface area contributed by atoms with Gasteiger partial charge in [-0.15, -0.1) is 0 Å². The van der Waals surface area contributed by atoms with Gasteiger partial charge in [0.05, 0.1) is 48.1 Å². The fourth-order valence-electron chi connectivity index (χ4n) is 4.38. The highest BCUT2D eigenvalue weighted by Crippen LogP contribution is 2.37. The lowest BCUT2D eigenvalue weighted by Gasteiger charge is -2.13. The summed E-state index contributed by atoms with van der Waals surface area (Å²) in [5, 5.41) is 24.2. The molecule has 0 aliphatic carbocycles. The number of methoxy groups -OCH3 is 2. The molecule has 0 fully saturated rings. The number of halogens is 4. The molecule has 4 rings (SSSR count). The highest BCUT2D eigenvalue weighted by Gasteiger charge is 2.31. The van der Waals surface area contributed by atoms with Crippen LogP contribution in [-0.2, 0) is 25.3 Å². The summed E-state index contributed by atoms with van der Waals surface area (Å²) in [6.07, 6.45) is -5.94. The van der Waals surface area contributed by atoms with Gasteiger partial charge in [0, 0.05) is 17.7 Å². The molecule has 0 amide bonds. The van der Waals surface area contributed by atoms with Crippen molar-refractivity contribution in [2.75, 3.05) is 27.9 Å². The van der Waals surface area contributed by atoms with Gasteiger partial charge in [-0.1, -0.05) is 28.9 Å². The Balaban J connectivity index is 0.000000307. The molecule has 0 radical (unpaired) electrons. The summed E-state index contributed by atoms with van der Waals surface area (Å²) in [6, 6.07) is 11.4. The Morgan fingerprint density at radius 1 is 0.946 bits per heavy atom. The second-order valence-corrected chi connectivity index (χ2v) is 11.1. The van der Waals surface area contributed by atoms with E-state index >= 15 is 0 Å². The van der Waals surface area contributed by atoms with Crippen LogP contribution in [0.25, 0.3) is 0 Å². The van der Waals surface area contributed by atoms with Gasteiger partial charge in [-0.2, -0.15) is 23.1 Å². The molecular weight excluding hydrogens is 777 g/mol. The molecule has 1 atom stereocenters. The highest BCUT2D eigenvalue weighted by atomic mass is 35.5. The van der Waals surface area contributed by atoms with Gasteiger partial charge < -0.3 is 38.4 Å². The van der Waals surface area contributed by atoms with E-state index in [4.69, 9.17) is 44.9 Å². The van der Waals surface area contributed by atoms with Gasteiger partial charge in [0.15, 0.2) is 6.10 Å². The highest BCUT2D eigenvalue weighted by molar-refractivity contribution is 6.32. The first-order valence-electron chi connectivity index (χ1n) is 15.7. The van der Waals surface area contributed by atoms with E-state index in [1.54, 1.807) is 26.0 Å². The van der Waals surface area contributed by atoms with E-state index in [0.29, 0.717) is 17.3 Å². The Hall–Kier alpha value is -6.70. The Morgan fingerprint density at radius 3 is 2.14 bits per heavy atom. The molecule has 298 valence electrons. The molecule has 56 heavy (non-hydrogen) atoms. The fourth-order valence-corrected chi connectivity index (χ4v) is 4.60. The van der Waals surface area contributed by atoms with Crippen LogP contribution in [0.4, 0.5) is 18.9 Å². The number of esters is 2. The number of rotatable bonds is 14. The quantitative estimate of drug-likeness (QED) is 0.0564. The number of nitrogens with zero attached hydrogens (tertiary/aromatic N) is 4. The van der Waals surface area contributed by atoms with Gasteiger partial charge in [-0.05, 0) is 51.1 Å². The number of oxime groups is 1. The van der Waals surface area contributed by atoms with Gasteiger partial charge in [0.1, 0.15) is 35.5 Å². The van der Waals surface area contributed by atoms with Crippen LogP contribution in [0, 0.1) is 10.1 Å². The number of carbonyl (C=O) groups excluding carboxylic acids is 2. The average molecular weight is 809 g/mol. The molecule has 0 aliphatic rings. The first-order valence-corrected chi connectivity index (χ1v) is 16.1. The minimum Gasteiger partial charge on any atom is -0.481 e. The van der Waals surface area contributed by atoms with Crippen molar-refractivity contribution < 1.29 is 70.8 Å². The zero-order chi connectivity index (χ0) is 41.7. The van der Waals surface area contributed by atoms with Crippen molar-refractivity contribution in [2.24, 2.45) is 5.16 Å². The molecule has 0 spiro atoms. The molecular formula is C35H32ClF3N4O13. The number of benzene rings is 3. The van der Waals surface area contributed by atoms with Crippen LogP contribution < -0.4 is 18.9 Å². The number of hydrogen-bond acceptors (Lipinski definition) is 15. The van der Waals surface area contributed by atoms with E-state index in [9.17, 15) is 42.8 Å². The minimum atomic E-state index is -4.61. The van der Waals surface area contributed by atoms with E-state index in [2.05, 4.69) is 15.1 Å². The van der Waals surface area contributed by atoms with Gasteiger partial charge in [0.25, 0.3) is 5.69 Å². The number of aromatic carboxylic acids is 1. The molecule has 1 N–H and O–H groups in total. The summed E-state index contributed by atoms with van der Waals surface area (Å²) in [5.74, 6) is -3.07. The van der Waals surface area contributed by atoms with Crippen LogP contribution in [0.3, 0.4) is 0 Å². The summed E-state index contributed by atoms with van der Waals surface area (Å²) >= 11 is 5.83. The third-order valence-corrected chi connectivity index (χ3v) is 7.21. The molecule has 17 nitrogen and oxygen atoms in total. The van der Waals surface area contributed by atoms with Crippen molar-refractivity contribution in [3.63, 3.8) is 0 Å². The smallest absolute Gasteiger partial charge is 0.416 e. The van der Waals surface area contributed by atoms with Gasteiger partial charge in [0.2, 0.25) is 11.8 Å². The Kier molecular flexibility index (Phi) is 15.3. The zero-order valence-electron chi connectivity index (χ0n) is 30.2. The number of carbonyl (C=O) groups is 3. The number of nitro groups is 1. The molecule has 0 bridgehead atoms. The average Bonchev–Trinajstić information content (AvgIpc) is 3.15. The summed E-state index contributed by atoms with van der Waals surface area (Å²) in [5.41, 5.74) is -1.53. The van der Waals surface area contributed by atoms with Crippen molar-refractivity contribution >= 4 is 40.9 Å². The largest absolute Gasteiger partial charge is 0.481 e. The lowest BCUT2D eigenvalue weighted by Crippen LogP contribution is -2.26. The predicted molar refractivity (Wildman–Crippen MR) is 189 cm³/mol. The fraction of sp³-hybridized carbons (Fsp3) is 0.257. The lowest BCUT2D eigenvalue weighted by molar-refractivity contribution is -0.385. The van der Waals surface area contributed by atoms with Crippen LogP contribution in [0.5, 0.6) is 35.0 Å². The number of aromatic nitrogens is 2. The molecule has 0 saturated heterocycles. The van der Waals surface area contributed by atoms with Crippen molar-refractivity contribution in [1.82, 2.24) is 9.97 Å².